The highest BCUT2D eigenvalue weighted by atomic mass is 16.3. The molecule has 0 atom stereocenters. The van der Waals surface area contributed by atoms with E-state index < -0.39 is 18.1 Å². The molecule has 1 aliphatic rings. The largest absolute Gasteiger partial charge is 0.455 e. The number of furan rings is 1. The van der Waals surface area contributed by atoms with Gasteiger partial charge in [-0.1, -0.05) is 165 Å². The average Bonchev–Trinajstić information content (AvgIpc) is 3.79. The molecule has 0 N–H and O–H groups in total. The molecular weight excluding hydrogens is 667 g/mol. The Bertz CT molecular complexity index is 3380. The van der Waals surface area contributed by atoms with E-state index in [1.165, 1.54) is 22.3 Å². The minimum absolute atomic E-state index is 0.112. The summed E-state index contributed by atoms with van der Waals surface area (Å²) in [5.74, 6) is 0. The van der Waals surface area contributed by atoms with Gasteiger partial charge in [0.1, 0.15) is 11.2 Å². The zero-order valence-corrected chi connectivity index (χ0v) is 30.4. The number of rotatable bonds is 5. The van der Waals surface area contributed by atoms with Gasteiger partial charge in [-0.25, -0.2) is 0 Å². The summed E-state index contributed by atoms with van der Waals surface area (Å²) in [6.45, 7) is 4.52. The van der Waals surface area contributed by atoms with Gasteiger partial charge in [-0.2, -0.15) is 0 Å². The highest BCUT2D eigenvalue weighted by molar-refractivity contribution is 6.33. The molecule has 0 saturated carbocycles. The van der Waals surface area contributed by atoms with Gasteiger partial charge in [0.05, 0.1) is 12.5 Å². The predicted molar refractivity (Wildman–Crippen MR) is 232 cm³/mol. The molecule has 11 rings (SSSR count). The number of benzene rings is 9. The third kappa shape index (κ3) is 4.74. The van der Waals surface area contributed by atoms with Crippen LogP contribution in [0.4, 0.5) is 17.1 Å². The van der Waals surface area contributed by atoms with Crippen molar-refractivity contribution in [1.29, 1.82) is 0 Å². The Morgan fingerprint density at radius 2 is 1.11 bits per heavy atom. The van der Waals surface area contributed by atoms with Crippen LogP contribution >= 0.6 is 0 Å². The van der Waals surface area contributed by atoms with E-state index in [1.807, 2.05) is 54.6 Å². The lowest BCUT2D eigenvalue weighted by Crippen LogP contribution is -2.17. The maximum atomic E-state index is 9.48. The van der Waals surface area contributed by atoms with E-state index in [2.05, 4.69) is 122 Å². The van der Waals surface area contributed by atoms with Crippen molar-refractivity contribution in [3.63, 3.8) is 0 Å². The minimum atomic E-state index is -0.440. The molecule has 0 spiro atoms. The summed E-state index contributed by atoms with van der Waals surface area (Å²) < 4.78 is 52.2. The van der Waals surface area contributed by atoms with Crippen LogP contribution in [0.5, 0.6) is 0 Å². The van der Waals surface area contributed by atoms with Crippen LogP contribution in [0.3, 0.4) is 0 Å². The maximum Gasteiger partial charge on any atom is 0.143 e. The van der Waals surface area contributed by atoms with Crippen molar-refractivity contribution in [1.82, 2.24) is 0 Å². The zero-order valence-electron chi connectivity index (χ0n) is 35.4. The van der Waals surface area contributed by atoms with Crippen LogP contribution in [0.2, 0.25) is 0 Å². The highest BCUT2D eigenvalue weighted by Crippen LogP contribution is 2.53. The molecule has 0 unspecified atom stereocenters. The first kappa shape index (κ1) is 26.8. The summed E-state index contributed by atoms with van der Waals surface area (Å²) in [5, 5.41) is 5.48. The second-order valence-corrected chi connectivity index (χ2v) is 14.9. The van der Waals surface area contributed by atoms with Crippen LogP contribution in [0.1, 0.15) is 31.8 Å². The molecule has 0 radical (unpaired) electrons. The Balaban J connectivity index is 1.29. The third-order valence-corrected chi connectivity index (χ3v) is 11.5. The molecule has 1 aromatic heterocycles. The molecule has 0 saturated heterocycles. The maximum absolute atomic E-state index is 9.48. The van der Waals surface area contributed by atoms with E-state index >= 15 is 0 Å². The molecule has 1 aliphatic carbocycles. The fourth-order valence-electron chi connectivity index (χ4n) is 8.99. The van der Waals surface area contributed by atoms with E-state index in [0.717, 1.165) is 49.4 Å². The molecule has 10 aromatic rings. The van der Waals surface area contributed by atoms with E-state index in [-0.39, 0.29) is 23.1 Å². The zero-order chi connectivity index (χ0) is 41.0. The molecule has 0 amide bonds. The van der Waals surface area contributed by atoms with E-state index in [1.54, 1.807) is 0 Å². The van der Waals surface area contributed by atoms with Crippen molar-refractivity contribution in [3.8, 4) is 33.4 Å². The van der Waals surface area contributed by atoms with Crippen molar-refractivity contribution in [3.05, 3.63) is 199 Å². The summed E-state index contributed by atoms with van der Waals surface area (Å²) >= 11 is 0. The first-order valence-electron chi connectivity index (χ1n) is 21.2. The number of hydrogen-bond acceptors (Lipinski definition) is 2. The topological polar surface area (TPSA) is 16.4 Å². The van der Waals surface area contributed by atoms with Gasteiger partial charge >= 0.3 is 0 Å². The average molecular weight is 709 g/mol. The fourth-order valence-corrected chi connectivity index (χ4v) is 8.99. The summed E-state index contributed by atoms with van der Waals surface area (Å²) in [7, 11) is 0. The van der Waals surface area contributed by atoms with Crippen molar-refractivity contribution in [2.75, 3.05) is 4.90 Å². The fraction of sp³-hybridized carbons (Fsp3) is 0.0566. The van der Waals surface area contributed by atoms with Gasteiger partial charge in [-0.05, 0) is 91.5 Å². The summed E-state index contributed by atoms with van der Waals surface area (Å²) in [4.78, 5) is 2.17. The Kier molecular flexibility index (Phi) is 5.88. The van der Waals surface area contributed by atoms with Crippen LogP contribution < -0.4 is 4.90 Å². The summed E-state index contributed by atoms with van der Waals surface area (Å²) in [5.41, 5.74) is 10.9. The molecule has 0 fully saturated rings. The standard InChI is InChI=1S/C53H37NO/c1-53(2)45-24-14-13-21-41(45)42-30-29-38(33-46(42)53)54(37-27-25-35(26-28-37)34-15-5-3-6-16-34)47-31-32-48-51(49(47)36-17-7-4-8-18-36)50-43-22-11-9-19-39(43)40-20-10-12-23-44(40)52(50)55-48/h3-33H,1-2H3/i4D,7D,8D,17D,18D. The van der Waals surface area contributed by atoms with Crippen LogP contribution in [0, 0.1) is 0 Å². The van der Waals surface area contributed by atoms with Crippen molar-refractivity contribution in [2.24, 2.45) is 0 Å². The first-order chi connectivity index (χ1) is 29.1. The van der Waals surface area contributed by atoms with Crippen molar-refractivity contribution in [2.45, 2.75) is 19.3 Å². The minimum Gasteiger partial charge on any atom is -0.455 e. The number of hydrogen-bond donors (Lipinski definition) is 0. The van der Waals surface area contributed by atoms with Gasteiger partial charge in [0.2, 0.25) is 0 Å². The Morgan fingerprint density at radius 1 is 0.491 bits per heavy atom. The lowest BCUT2D eigenvalue weighted by molar-refractivity contribution is 0.660. The normalized spacial score (nSPS) is 14.3. The van der Waals surface area contributed by atoms with Gasteiger partial charge in [-0.3, -0.25) is 0 Å². The first-order valence-corrected chi connectivity index (χ1v) is 18.7. The molecule has 1 heterocycles. The summed E-state index contributed by atoms with van der Waals surface area (Å²) in [6.07, 6.45) is 0. The second-order valence-electron chi connectivity index (χ2n) is 14.9. The SMILES string of the molecule is [2H]c1c([2H])c([2H])c(-c2c(N(c3ccc(-c4ccccc4)cc3)c3ccc4c(c3)C(C)(C)c3ccccc3-4)ccc3oc4c5ccccc5c5ccccc5c4c23)c([2H])c1[2H]. The second kappa shape index (κ2) is 12.1. The van der Waals surface area contributed by atoms with Crippen LogP contribution in [-0.2, 0) is 5.41 Å². The molecular formula is C53H37NO. The van der Waals surface area contributed by atoms with Crippen LogP contribution in [-0.4, -0.2) is 0 Å². The van der Waals surface area contributed by atoms with Gasteiger partial charge in [0.15, 0.2) is 0 Å². The quantitative estimate of drug-likeness (QED) is 0.166. The highest BCUT2D eigenvalue weighted by Gasteiger charge is 2.36. The lowest BCUT2D eigenvalue weighted by atomic mass is 9.82. The van der Waals surface area contributed by atoms with Crippen molar-refractivity contribution < 1.29 is 11.3 Å². The molecule has 260 valence electrons. The van der Waals surface area contributed by atoms with Crippen LogP contribution in [0.25, 0.3) is 76.9 Å². The van der Waals surface area contributed by atoms with E-state index in [4.69, 9.17) is 8.53 Å². The molecule has 55 heavy (non-hydrogen) atoms. The van der Waals surface area contributed by atoms with Crippen LogP contribution in [0.15, 0.2) is 192 Å². The Labute approximate surface area is 327 Å². The van der Waals surface area contributed by atoms with Gasteiger partial charge in [0, 0.05) is 38.5 Å². The molecule has 2 heteroatoms. The summed E-state index contributed by atoms with van der Waals surface area (Å²) in [6, 6.07) is 52.4. The molecule has 0 aliphatic heterocycles. The monoisotopic (exact) mass is 708 g/mol. The smallest absolute Gasteiger partial charge is 0.143 e. The van der Waals surface area contributed by atoms with Gasteiger partial charge in [0.25, 0.3) is 0 Å². The lowest BCUT2D eigenvalue weighted by Gasteiger charge is -2.30. The Morgan fingerprint density at radius 3 is 1.89 bits per heavy atom. The molecule has 2 nitrogen and oxygen atoms in total. The van der Waals surface area contributed by atoms with Gasteiger partial charge in [-0.15, -0.1) is 0 Å². The number of nitrogens with zero attached hydrogens (tertiary/aromatic N) is 1. The van der Waals surface area contributed by atoms with Gasteiger partial charge < -0.3 is 9.32 Å². The Hall–Kier alpha value is -6.90. The van der Waals surface area contributed by atoms with E-state index in [0.29, 0.717) is 27.8 Å². The molecule has 0 bridgehead atoms. The molecule has 9 aromatic carbocycles. The van der Waals surface area contributed by atoms with E-state index in [9.17, 15) is 2.74 Å². The number of fused-ring (bicyclic) bond motifs is 11. The predicted octanol–water partition coefficient (Wildman–Crippen LogP) is 15.0. The number of anilines is 3. The third-order valence-electron chi connectivity index (χ3n) is 11.5. The van der Waals surface area contributed by atoms with Crippen molar-refractivity contribution >= 4 is 60.5 Å².